The van der Waals surface area contributed by atoms with Crippen molar-refractivity contribution in [2.75, 3.05) is 17.3 Å². The lowest BCUT2D eigenvalue weighted by Gasteiger charge is -2.07. The maximum absolute atomic E-state index is 12.0. The first-order valence-electron chi connectivity index (χ1n) is 5.68. The second kappa shape index (κ2) is 4.97. The average Bonchev–Trinajstić information content (AvgIpc) is 2.68. The van der Waals surface area contributed by atoms with Crippen molar-refractivity contribution in [3.05, 3.63) is 36.2 Å². The van der Waals surface area contributed by atoms with Crippen LogP contribution in [0.15, 0.2) is 35.4 Å². The van der Waals surface area contributed by atoms with Gasteiger partial charge in [-0.1, -0.05) is 0 Å². The summed E-state index contributed by atoms with van der Waals surface area (Å²) in [6, 6.07) is 5.89. The molecule has 3 N–H and O–H groups in total. The summed E-state index contributed by atoms with van der Waals surface area (Å²) in [7, 11) is -1.64. The lowest BCUT2D eigenvalue weighted by atomic mass is 10.3. The molecule has 20 heavy (non-hydrogen) atoms. The van der Waals surface area contributed by atoms with Gasteiger partial charge < -0.3 is 11.1 Å². The second-order valence-corrected chi connectivity index (χ2v) is 6.34. The van der Waals surface area contributed by atoms with Gasteiger partial charge in [-0.2, -0.15) is 5.10 Å². The maximum atomic E-state index is 12.0. The second-order valence-electron chi connectivity index (χ2n) is 4.32. The van der Waals surface area contributed by atoms with Gasteiger partial charge in [-0.05, 0) is 24.3 Å². The van der Waals surface area contributed by atoms with E-state index in [-0.39, 0.29) is 16.3 Å². The molecule has 1 aromatic carbocycles. The van der Waals surface area contributed by atoms with Gasteiger partial charge in [0.25, 0.3) is 5.91 Å². The predicted octanol–water partition coefficient (Wildman–Crippen LogP) is 0.658. The zero-order valence-electron chi connectivity index (χ0n) is 11.0. The number of carbonyl (C=O) groups excluding carboxylic acids is 1. The molecule has 1 heterocycles. The average molecular weight is 294 g/mol. The third kappa shape index (κ3) is 2.80. The number of benzene rings is 1. The Morgan fingerprint density at radius 3 is 2.35 bits per heavy atom. The molecular weight excluding hydrogens is 280 g/mol. The topological polar surface area (TPSA) is 107 Å². The van der Waals surface area contributed by atoms with E-state index in [2.05, 4.69) is 10.4 Å². The van der Waals surface area contributed by atoms with E-state index in [1.807, 2.05) is 0 Å². The maximum Gasteiger partial charge on any atom is 0.276 e. The van der Waals surface area contributed by atoms with Crippen molar-refractivity contribution in [1.82, 2.24) is 9.78 Å². The van der Waals surface area contributed by atoms with Crippen molar-refractivity contribution in [1.29, 1.82) is 0 Å². The van der Waals surface area contributed by atoms with Gasteiger partial charge in [0.05, 0.1) is 16.8 Å². The van der Waals surface area contributed by atoms with Gasteiger partial charge in [-0.3, -0.25) is 9.48 Å². The molecule has 0 spiro atoms. The number of nitrogen functional groups attached to an aromatic ring is 1. The summed E-state index contributed by atoms with van der Waals surface area (Å²) in [5, 5.41) is 6.51. The van der Waals surface area contributed by atoms with Crippen LogP contribution in [0, 0.1) is 0 Å². The van der Waals surface area contributed by atoms with Crippen LogP contribution < -0.4 is 11.1 Å². The molecule has 2 rings (SSSR count). The zero-order chi connectivity index (χ0) is 14.9. The van der Waals surface area contributed by atoms with Crippen LogP contribution in [-0.4, -0.2) is 30.4 Å². The van der Waals surface area contributed by atoms with Crippen LogP contribution in [0.2, 0.25) is 0 Å². The SMILES string of the molecule is Cn1ncc(N)c1C(=O)Nc1ccc(S(C)(=O)=O)cc1. The molecule has 0 bridgehead atoms. The van der Waals surface area contributed by atoms with E-state index in [1.165, 1.54) is 35.1 Å². The van der Waals surface area contributed by atoms with Gasteiger partial charge >= 0.3 is 0 Å². The zero-order valence-corrected chi connectivity index (χ0v) is 11.8. The van der Waals surface area contributed by atoms with E-state index in [9.17, 15) is 13.2 Å². The summed E-state index contributed by atoms with van der Waals surface area (Å²) in [5.74, 6) is -0.408. The van der Waals surface area contributed by atoms with Gasteiger partial charge in [0, 0.05) is 19.0 Å². The van der Waals surface area contributed by atoms with Gasteiger partial charge in [0.2, 0.25) is 0 Å². The summed E-state index contributed by atoms with van der Waals surface area (Å²) in [6.45, 7) is 0. The fraction of sp³-hybridized carbons (Fsp3) is 0.167. The van der Waals surface area contributed by atoms with Crippen molar-refractivity contribution < 1.29 is 13.2 Å². The Morgan fingerprint density at radius 2 is 1.90 bits per heavy atom. The fourth-order valence-corrected chi connectivity index (χ4v) is 2.34. The summed E-state index contributed by atoms with van der Waals surface area (Å²) in [5.41, 5.74) is 6.65. The lowest BCUT2D eigenvalue weighted by molar-refractivity contribution is 0.101. The Labute approximate surface area is 116 Å². The van der Waals surface area contributed by atoms with Crippen LogP contribution in [0.3, 0.4) is 0 Å². The monoisotopic (exact) mass is 294 g/mol. The summed E-state index contributed by atoms with van der Waals surface area (Å²) >= 11 is 0. The Morgan fingerprint density at radius 1 is 1.30 bits per heavy atom. The highest BCUT2D eigenvalue weighted by Gasteiger charge is 2.15. The van der Waals surface area contributed by atoms with Gasteiger partial charge in [-0.15, -0.1) is 0 Å². The molecule has 0 saturated carbocycles. The first kappa shape index (κ1) is 14.1. The number of aryl methyl sites for hydroxylation is 1. The van der Waals surface area contributed by atoms with Crippen LogP contribution in [0.5, 0.6) is 0 Å². The fourth-order valence-electron chi connectivity index (χ4n) is 1.71. The first-order chi connectivity index (χ1) is 9.29. The Bertz CT molecular complexity index is 728. The summed E-state index contributed by atoms with van der Waals surface area (Å²) in [4.78, 5) is 12.2. The number of carbonyl (C=O) groups is 1. The molecule has 8 heteroatoms. The van der Waals surface area contributed by atoms with E-state index in [1.54, 1.807) is 7.05 Å². The van der Waals surface area contributed by atoms with Crippen LogP contribution in [0.1, 0.15) is 10.5 Å². The van der Waals surface area contributed by atoms with Crippen molar-refractivity contribution in [3.63, 3.8) is 0 Å². The molecule has 0 aliphatic carbocycles. The predicted molar refractivity (Wildman–Crippen MR) is 75.1 cm³/mol. The third-order valence-corrected chi connectivity index (χ3v) is 3.85. The molecule has 0 aliphatic rings. The largest absolute Gasteiger partial charge is 0.396 e. The number of amides is 1. The number of nitrogens with one attached hydrogen (secondary N) is 1. The molecule has 0 radical (unpaired) electrons. The number of hydrogen-bond donors (Lipinski definition) is 2. The molecular formula is C12H14N4O3S. The first-order valence-corrected chi connectivity index (χ1v) is 7.57. The minimum atomic E-state index is -3.25. The normalized spacial score (nSPS) is 11.3. The Hall–Kier alpha value is -2.35. The number of rotatable bonds is 3. The van der Waals surface area contributed by atoms with Crippen molar-refractivity contribution in [2.45, 2.75) is 4.90 Å². The van der Waals surface area contributed by atoms with E-state index >= 15 is 0 Å². The smallest absolute Gasteiger partial charge is 0.276 e. The Kier molecular flexibility index (Phi) is 3.49. The highest BCUT2D eigenvalue weighted by atomic mass is 32.2. The molecule has 1 amide bonds. The standard InChI is InChI=1S/C12H14N4O3S/c1-16-11(10(13)7-14-16)12(17)15-8-3-5-9(6-4-8)20(2,18)19/h3-7H,13H2,1-2H3,(H,15,17). The number of anilines is 2. The minimum absolute atomic E-state index is 0.190. The highest BCUT2D eigenvalue weighted by Crippen LogP contribution is 2.16. The number of aromatic nitrogens is 2. The third-order valence-electron chi connectivity index (χ3n) is 2.72. The van der Waals surface area contributed by atoms with Gasteiger partial charge in [-0.25, -0.2) is 8.42 Å². The van der Waals surface area contributed by atoms with Gasteiger partial charge in [0.1, 0.15) is 5.69 Å². The molecule has 0 atom stereocenters. The minimum Gasteiger partial charge on any atom is -0.396 e. The number of nitrogens with zero attached hydrogens (tertiary/aromatic N) is 2. The van der Waals surface area contributed by atoms with E-state index in [4.69, 9.17) is 5.73 Å². The molecule has 0 saturated heterocycles. The quantitative estimate of drug-likeness (QED) is 0.864. The number of sulfone groups is 1. The van der Waals surface area contributed by atoms with E-state index in [0.717, 1.165) is 6.26 Å². The van der Waals surface area contributed by atoms with Crippen LogP contribution in [0.25, 0.3) is 0 Å². The van der Waals surface area contributed by atoms with Crippen molar-refractivity contribution in [3.8, 4) is 0 Å². The highest BCUT2D eigenvalue weighted by molar-refractivity contribution is 7.90. The molecule has 0 fully saturated rings. The molecule has 0 aliphatic heterocycles. The summed E-state index contributed by atoms with van der Waals surface area (Å²) in [6.07, 6.45) is 2.51. The number of nitrogens with two attached hydrogens (primary N) is 1. The molecule has 2 aromatic rings. The lowest BCUT2D eigenvalue weighted by Crippen LogP contribution is -2.17. The molecule has 1 aromatic heterocycles. The molecule has 0 unspecified atom stereocenters. The molecule has 7 nitrogen and oxygen atoms in total. The van der Waals surface area contributed by atoms with Crippen LogP contribution in [-0.2, 0) is 16.9 Å². The van der Waals surface area contributed by atoms with E-state index in [0.29, 0.717) is 5.69 Å². The van der Waals surface area contributed by atoms with E-state index < -0.39 is 15.7 Å². The van der Waals surface area contributed by atoms with Crippen LogP contribution in [0.4, 0.5) is 11.4 Å². The molecule has 106 valence electrons. The summed E-state index contributed by atoms with van der Waals surface area (Å²) < 4.78 is 24.0. The van der Waals surface area contributed by atoms with Crippen molar-refractivity contribution >= 4 is 27.1 Å². The number of hydrogen-bond acceptors (Lipinski definition) is 5. The Balaban J connectivity index is 2.21. The van der Waals surface area contributed by atoms with Crippen LogP contribution >= 0.6 is 0 Å². The van der Waals surface area contributed by atoms with Gasteiger partial charge in [0.15, 0.2) is 9.84 Å². The van der Waals surface area contributed by atoms with Crippen molar-refractivity contribution in [2.24, 2.45) is 7.05 Å².